The van der Waals surface area contributed by atoms with E-state index in [1.165, 1.54) is 0 Å². The van der Waals surface area contributed by atoms with E-state index in [9.17, 15) is 4.79 Å². The van der Waals surface area contributed by atoms with Crippen molar-refractivity contribution in [2.75, 3.05) is 20.8 Å². The van der Waals surface area contributed by atoms with Crippen LogP contribution in [0.1, 0.15) is 24.5 Å². The van der Waals surface area contributed by atoms with Crippen molar-refractivity contribution in [1.82, 2.24) is 15.0 Å². The van der Waals surface area contributed by atoms with Gasteiger partial charge in [-0.2, -0.15) is 4.98 Å². The van der Waals surface area contributed by atoms with Crippen LogP contribution in [0.15, 0.2) is 45.5 Å². The zero-order valence-corrected chi connectivity index (χ0v) is 16.5. The lowest BCUT2D eigenvalue weighted by Gasteiger charge is -2.20. The lowest BCUT2D eigenvalue weighted by Crippen LogP contribution is -2.33. The van der Waals surface area contributed by atoms with Gasteiger partial charge in [-0.3, -0.25) is 4.79 Å². The summed E-state index contributed by atoms with van der Waals surface area (Å²) in [6, 6.07) is 9.10. The minimum atomic E-state index is 0.132. The van der Waals surface area contributed by atoms with Gasteiger partial charge in [0.2, 0.25) is 17.6 Å². The Bertz CT molecular complexity index is 940. The highest BCUT2D eigenvalue weighted by Gasteiger charge is 2.33. The Morgan fingerprint density at radius 2 is 1.97 bits per heavy atom. The third-order valence-electron chi connectivity index (χ3n) is 4.84. The summed E-state index contributed by atoms with van der Waals surface area (Å²) in [5.74, 6) is 3.24. The summed E-state index contributed by atoms with van der Waals surface area (Å²) in [6.45, 7) is 0.926. The van der Waals surface area contributed by atoms with E-state index in [2.05, 4.69) is 10.1 Å². The predicted molar refractivity (Wildman–Crippen MR) is 103 cm³/mol. The molecule has 1 aliphatic rings. The molecule has 29 heavy (non-hydrogen) atoms. The van der Waals surface area contributed by atoms with Crippen LogP contribution in [0.5, 0.6) is 11.5 Å². The van der Waals surface area contributed by atoms with Gasteiger partial charge in [0.25, 0.3) is 0 Å². The van der Waals surface area contributed by atoms with Gasteiger partial charge in [-0.15, -0.1) is 0 Å². The van der Waals surface area contributed by atoms with Crippen molar-refractivity contribution in [3.63, 3.8) is 0 Å². The molecule has 8 nitrogen and oxygen atoms in total. The number of furan rings is 1. The summed E-state index contributed by atoms with van der Waals surface area (Å²) in [4.78, 5) is 18.9. The summed E-state index contributed by atoms with van der Waals surface area (Å²) in [5, 5.41) is 4.06. The molecule has 4 rings (SSSR count). The number of rotatable bonds is 9. The zero-order valence-electron chi connectivity index (χ0n) is 16.5. The van der Waals surface area contributed by atoms with E-state index in [4.69, 9.17) is 18.4 Å². The summed E-state index contributed by atoms with van der Waals surface area (Å²) in [6.07, 6.45) is 3.99. The molecule has 1 aliphatic carbocycles. The fraction of sp³-hybridized carbons (Fsp3) is 0.381. The highest BCUT2D eigenvalue weighted by atomic mass is 16.5. The fourth-order valence-corrected chi connectivity index (χ4v) is 3.09. The predicted octanol–water partition coefficient (Wildman–Crippen LogP) is 3.33. The van der Waals surface area contributed by atoms with Crippen LogP contribution in [-0.4, -0.2) is 41.7 Å². The summed E-state index contributed by atoms with van der Waals surface area (Å²) in [7, 11) is 3.18. The smallest absolute Gasteiger partial charge is 0.228 e. The Morgan fingerprint density at radius 3 is 2.59 bits per heavy atom. The number of methoxy groups -OCH3 is 2. The van der Waals surface area contributed by atoms with Crippen LogP contribution in [0.25, 0.3) is 11.4 Å². The molecule has 2 heterocycles. The molecule has 2 aromatic heterocycles. The van der Waals surface area contributed by atoms with Crippen LogP contribution in [0.4, 0.5) is 0 Å². The van der Waals surface area contributed by atoms with E-state index in [1.807, 2.05) is 24.3 Å². The largest absolute Gasteiger partial charge is 0.497 e. The van der Waals surface area contributed by atoms with E-state index < -0.39 is 0 Å². The van der Waals surface area contributed by atoms with Crippen molar-refractivity contribution in [1.29, 1.82) is 0 Å². The van der Waals surface area contributed by atoms with Crippen LogP contribution >= 0.6 is 0 Å². The molecule has 0 spiro atoms. The highest BCUT2D eigenvalue weighted by molar-refractivity contribution is 5.81. The maximum absolute atomic E-state index is 12.6. The fourth-order valence-electron chi connectivity index (χ4n) is 3.09. The number of aromatic nitrogens is 2. The number of amides is 1. The van der Waals surface area contributed by atoms with Crippen LogP contribution in [0.2, 0.25) is 0 Å². The molecule has 3 aromatic rings. The minimum Gasteiger partial charge on any atom is -0.497 e. The SMILES string of the molecule is COc1cc(OC)cc(-c2noc(CCN(Cc3ccco3)C(=O)C3CC3)n2)c1. The Morgan fingerprint density at radius 1 is 1.21 bits per heavy atom. The standard InChI is InChI=1S/C21H23N3O5/c1-26-17-10-15(11-18(12-17)27-2)20-22-19(29-23-20)7-8-24(21(25)14-5-6-14)13-16-4-3-9-28-16/h3-4,9-12,14H,5-8,13H2,1-2H3. The van der Waals surface area contributed by atoms with Gasteiger partial charge in [0.1, 0.15) is 17.3 Å². The Labute approximate surface area is 168 Å². The van der Waals surface area contributed by atoms with Crippen molar-refractivity contribution in [3.05, 3.63) is 48.2 Å². The van der Waals surface area contributed by atoms with Gasteiger partial charge in [-0.05, 0) is 37.1 Å². The van der Waals surface area contributed by atoms with Gasteiger partial charge in [-0.25, -0.2) is 0 Å². The molecule has 0 aliphatic heterocycles. The van der Waals surface area contributed by atoms with E-state index >= 15 is 0 Å². The molecule has 0 unspecified atom stereocenters. The van der Waals surface area contributed by atoms with Crippen LogP contribution in [0.3, 0.4) is 0 Å². The van der Waals surface area contributed by atoms with Crippen molar-refractivity contribution < 1.29 is 23.2 Å². The Balaban J connectivity index is 1.45. The Hall–Kier alpha value is -3.29. The lowest BCUT2D eigenvalue weighted by molar-refractivity contribution is -0.133. The third-order valence-corrected chi connectivity index (χ3v) is 4.84. The first kappa shape index (κ1) is 19.0. The minimum absolute atomic E-state index is 0.132. The van der Waals surface area contributed by atoms with Crippen molar-refractivity contribution >= 4 is 5.91 Å². The average molecular weight is 397 g/mol. The van der Waals surface area contributed by atoms with E-state index in [-0.39, 0.29) is 11.8 Å². The second-order valence-electron chi connectivity index (χ2n) is 6.98. The van der Waals surface area contributed by atoms with Gasteiger partial charge in [0.15, 0.2) is 0 Å². The van der Waals surface area contributed by atoms with Crippen molar-refractivity contribution in [3.8, 4) is 22.9 Å². The number of nitrogens with zero attached hydrogens (tertiary/aromatic N) is 3. The molecular formula is C21H23N3O5. The van der Waals surface area contributed by atoms with Crippen molar-refractivity contribution in [2.24, 2.45) is 5.92 Å². The molecule has 152 valence electrons. The first-order valence-corrected chi connectivity index (χ1v) is 9.53. The first-order valence-electron chi connectivity index (χ1n) is 9.53. The Kier molecular flexibility index (Phi) is 5.50. The van der Waals surface area contributed by atoms with Gasteiger partial charge in [0.05, 0.1) is 27.0 Å². The number of hydrogen-bond donors (Lipinski definition) is 0. The molecule has 1 fully saturated rings. The number of carbonyl (C=O) groups is 1. The van der Waals surface area contributed by atoms with E-state index in [1.54, 1.807) is 31.4 Å². The normalized spacial score (nSPS) is 13.3. The van der Waals surface area contributed by atoms with Crippen LogP contribution in [-0.2, 0) is 17.8 Å². The van der Waals surface area contributed by atoms with Crippen molar-refractivity contribution in [2.45, 2.75) is 25.8 Å². The van der Waals surface area contributed by atoms with Gasteiger partial charge in [-0.1, -0.05) is 5.16 Å². The third kappa shape index (κ3) is 4.59. The molecule has 1 saturated carbocycles. The number of ether oxygens (including phenoxy) is 2. The number of carbonyl (C=O) groups excluding carboxylic acids is 1. The molecule has 8 heteroatoms. The molecule has 0 radical (unpaired) electrons. The molecule has 1 amide bonds. The molecule has 0 saturated heterocycles. The second-order valence-corrected chi connectivity index (χ2v) is 6.98. The average Bonchev–Trinajstić information content (AvgIpc) is 3.27. The second kappa shape index (κ2) is 8.38. The molecule has 1 aromatic carbocycles. The maximum atomic E-state index is 12.6. The van der Waals surface area contributed by atoms with Crippen LogP contribution < -0.4 is 9.47 Å². The quantitative estimate of drug-likeness (QED) is 0.547. The summed E-state index contributed by atoms with van der Waals surface area (Å²) in [5.41, 5.74) is 0.734. The number of hydrogen-bond acceptors (Lipinski definition) is 7. The molecular weight excluding hydrogens is 374 g/mol. The topological polar surface area (TPSA) is 90.8 Å². The summed E-state index contributed by atoms with van der Waals surface area (Å²) < 4.78 is 21.4. The maximum Gasteiger partial charge on any atom is 0.228 e. The lowest BCUT2D eigenvalue weighted by atomic mass is 10.2. The summed E-state index contributed by atoms with van der Waals surface area (Å²) >= 11 is 0. The van der Waals surface area contributed by atoms with E-state index in [0.29, 0.717) is 42.7 Å². The molecule has 0 N–H and O–H groups in total. The molecule has 0 bridgehead atoms. The van der Waals surface area contributed by atoms with Gasteiger partial charge >= 0.3 is 0 Å². The van der Waals surface area contributed by atoms with Gasteiger partial charge < -0.3 is 23.3 Å². The zero-order chi connectivity index (χ0) is 20.2. The molecule has 0 atom stereocenters. The first-order chi connectivity index (χ1) is 14.2. The van der Waals surface area contributed by atoms with E-state index in [0.717, 1.165) is 24.2 Å². The monoisotopic (exact) mass is 397 g/mol. The number of benzene rings is 1. The highest BCUT2D eigenvalue weighted by Crippen LogP contribution is 2.32. The van der Waals surface area contributed by atoms with Crippen LogP contribution in [0, 0.1) is 5.92 Å². The van der Waals surface area contributed by atoms with Gasteiger partial charge in [0, 0.05) is 30.5 Å².